The lowest BCUT2D eigenvalue weighted by atomic mass is 10.0. The lowest BCUT2D eigenvalue weighted by molar-refractivity contribution is -0.145. The molecule has 0 bridgehead atoms. The predicted octanol–water partition coefficient (Wildman–Crippen LogP) is 3.92. The standard InChI is InChI=1S/C24H32N2O4/c1-2-3-7-19-14-15-25-22(16-19)11-10-21(26-17-23(27)28)12-13-24(29)30-18-20-8-5-4-6-9-20/h4-6,8-9,14-16,21,26H,2-3,7,10-13,17-18H2,1H3,(H,27,28). The van der Waals surface area contributed by atoms with Crippen LogP contribution in [0.3, 0.4) is 0 Å². The van der Waals surface area contributed by atoms with Gasteiger partial charge in [-0.2, -0.15) is 0 Å². The van der Waals surface area contributed by atoms with Gasteiger partial charge in [-0.25, -0.2) is 0 Å². The van der Waals surface area contributed by atoms with Crippen molar-refractivity contribution in [2.45, 2.75) is 64.5 Å². The minimum Gasteiger partial charge on any atom is -0.480 e. The van der Waals surface area contributed by atoms with E-state index in [-0.39, 0.29) is 31.6 Å². The van der Waals surface area contributed by atoms with Crippen molar-refractivity contribution in [1.29, 1.82) is 0 Å². The maximum atomic E-state index is 12.1. The zero-order chi connectivity index (χ0) is 21.6. The van der Waals surface area contributed by atoms with Crippen LogP contribution in [0.1, 0.15) is 55.8 Å². The Kier molecular flexibility index (Phi) is 10.6. The molecular weight excluding hydrogens is 380 g/mol. The smallest absolute Gasteiger partial charge is 0.317 e. The molecule has 0 saturated heterocycles. The Morgan fingerprint density at radius 3 is 2.63 bits per heavy atom. The van der Waals surface area contributed by atoms with E-state index in [9.17, 15) is 9.59 Å². The first-order valence-electron chi connectivity index (χ1n) is 10.7. The summed E-state index contributed by atoms with van der Waals surface area (Å²) >= 11 is 0. The fourth-order valence-corrected chi connectivity index (χ4v) is 3.21. The number of carboxylic acid groups (broad SMARTS) is 1. The van der Waals surface area contributed by atoms with Crippen LogP contribution in [-0.4, -0.2) is 34.6 Å². The second-order valence-corrected chi connectivity index (χ2v) is 7.45. The van der Waals surface area contributed by atoms with Crippen LogP contribution in [0.4, 0.5) is 0 Å². The number of carbonyl (C=O) groups excluding carboxylic acids is 1. The predicted molar refractivity (Wildman–Crippen MR) is 116 cm³/mol. The molecule has 162 valence electrons. The number of rotatable bonds is 14. The van der Waals surface area contributed by atoms with Crippen molar-refractivity contribution in [3.63, 3.8) is 0 Å². The van der Waals surface area contributed by atoms with Crippen molar-refractivity contribution >= 4 is 11.9 Å². The molecular formula is C24H32N2O4. The summed E-state index contributed by atoms with van der Waals surface area (Å²) in [6.07, 6.45) is 7.39. The first kappa shape index (κ1) is 23.5. The number of aromatic nitrogens is 1. The van der Waals surface area contributed by atoms with Crippen LogP contribution in [0.2, 0.25) is 0 Å². The van der Waals surface area contributed by atoms with Gasteiger partial charge in [0.15, 0.2) is 0 Å². The van der Waals surface area contributed by atoms with Gasteiger partial charge in [0, 0.05) is 24.4 Å². The fraction of sp³-hybridized carbons (Fsp3) is 0.458. The van der Waals surface area contributed by atoms with Crippen molar-refractivity contribution in [3.05, 3.63) is 65.5 Å². The highest BCUT2D eigenvalue weighted by molar-refractivity contribution is 5.70. The molecule has 6 heteroatoms. The van der Waals surface area contributed by atoms with E-state index in [1.54, 1.807) is 0 Å². The molecule has 1 aromatic heterocycles. The number of carboxylic acids is 1. The van der Waals surface area contributed by atoms with Crippen molar-refractivity contribution in [1.82, 2.24) is 10.3 Å². The summed E-state index contributed by atoms with van der Waals surface area (Å²) in [6, 6.07) is 13.6. The first-order valence-corrected chi connectivity index (χ1v) is 10.7. The molecule has 2 rings (SSSR count). The number of nitrogens with zero attached hydrogens (tertiary/aromatic N) is 1. The van der Waals surface area contributed by atoms with E-state index in [0.717, 1.165) is 36.9 Å². The fourth-order valence-electron chi connectivity index (χ4n) is 3.21. The molecule has 1 atom stereocenters. The summed E-state index contributed by atoms with van der Waals surface area (Å²) in [5.74, 6) is -1.19. The lowest BCUT2D eigenvalue weighted by Gasteiger charge is -2.17. The molecule has 0 radical (unpaired) electrons. The highest BCUT2D eigenvalue weighted by Crippen LogP contribution is 2.12. The van der Waals surface area contributed by atoms with Gasteiger partial charge < -0.3 is 15.2 Å². The Hall–Kier alpha value is -2.73. The maximum absolute atomic E-state index is 12.1. The summed E-state index contributed by atoms with van der Waals surface area (Å²) in [5, 5.41) is 12.0. The van der Waals surface area contributed by atoms with Crippen LogP contribution in [0.15, 0.2) is 48.7 Å². The van der Waals surface area contributed by atoms with Gasteiger partial charge >= 0.3 is 11.9 Å². The number of pyridine rings is 1. The van der Waals surface area contributed by atoms with Crippen molar-refractivity contribution in [2.24, 2.45) is 0 Å². The van der Waals surface area contributed by atoms with Crippen LogP contribution in [0.25, 0.3) is 0 Å². The van der Waals surface area contributed by atoms with Crippen LogP contribution in [0, 0.1) is 0 Å². The van der Waals surface area contributed by atoms with Crippen molar-refractivity contribution in [2.75, 3.05) is 6.54 Å². The van der Waals surface area contributed by atoms with Gasteiger partial charge in [-0.15, -0.1) is 0 Å². The number of ether oxygens (including phenoxy) is 1. The molecule has 30 heavy (non-hydrogen) atoms. The van der Waals surface area contributed by atoms with E-state index >= 15 is 0 Å². The molecule has 0 spiro atoms. The van der Waals surface area contributed by atoms with Crippen LogP contribution >= 0.6 is 0 Å². The molecule has 0 saturated carbocycles. The number of benzene rings is 1. The van der Waals surface area contributed by atoms with Gasteiger partial charge in [-0.3, -0.25) is 14.6 Å². The Bertz CT molecular complexity index is 780. The second kappa shape index (κ2) is 13.5. The molecule has 0 fully saturated rings. The van der Waals surface area contributed by atoms with Gasteiger partial charge in [0.1, 0.15) is 6.61 Å². The number of aryl methyl sites for hydroxylation is 2. The summed E-state index contributed by atoms with van der Waals surface area (Å²) in [7, 11) is 0. The Balaban J connectivity index is 1.82. The molecule has 2 aromatic rings. The highest BCUT2D eigenvalue weighted by Gasteiger charge is 2.14. The summed E-state index contributed by atoms with van der Waals surface area (Å²) in [5.41, 5.74) is 3.22. The van der Waals surface area contributed by atoms with Crippen molar-refractivity contribution < 1.29 is 19.4 Å². The topological polar surface area (TPSA) is 88.5 Å². The monoisotopic (exact) mass is 412 g/mol. The molecule has 2 N–H and O–H groups in total. The summed E-state index contributed by atoms with van der Waals surface area (Å²) in [4.78, 5) is 27.5. The number of aliphatic carboxylic acids is 1. The van der Waals surface area contributed by atoms with E-state index in [2.05, 4.69) is 23.3 Å². The largest absolute Gasteiger partial charge is 0.480 e. The van der Waals surface area contributed by atoms with E-state index in [4.69, 9.17) is 9.84 Å². The Morgan fingerprint density at radius 2 is 1.90 bits per heavy atom. The minimum absolute atomic E-state index is 0.0912. The van der Waals surface area contributed by atoms with Gasteiger partial charge in [-0.05, 0) is 55.4 Å². The quantitative estimate of drug-likeness (QED) is 0.457. The third-order valence-corrected chi connectivity index (χ3v) is 4.93. The molecule has 0 aliphatic rings. The highest BCUT2D eigenvalue weighted by atomic mass is 16.5. The maximum Gasteiger partial charge on any atom is 0.317 e. The van der Waals surface area contributed by atoms with Gasteiger partial charge in [0.25, 0.3) is 0 Å². The Morgan fingerprint density at radius 1 is 1.10 bits per heavy atom. The van der Waals surface area contributed by atoms with Crippen LogP contribution in [-0.2, 0) is 33.8 Å². The molecule has 0 aliphatic heterocycles. The third-order valence-electron chi connectivity index (χ3n) is 4.93. The Labute approximate surface area is 178 Å². The number of esters is 1. The van der Waals surface area contributed by atoms with Gasteiger partial charge in [-0.1, -0.05) is 43.7 Å². The lowest BCUT2D eigenvalue weighted by Crippen LogP contribution is -2.34. The third kappa shape index (κ3) is 9.65. The average molecular weight is 413 g/mol. The van der Waals surface area contributed by atoms with Crippen LogP contribution < -0.4 is 5.32 Å². The average Bonchev–Trinajstić information content (AvgIpc) is 2.76. The number of hydrogen-bond acceptors (Lipinski definition) is 5. The number of carbonyl (C=O) groups is 2. The molecule has 1 heterocycles. The number of unbranched alkanes of at least 4 members (excludes halogenated alkanes) is 1. The zero-order valence-electron chi connectivity index (χ0n) is 17.7. The van der Waals surface area contributed by atoms with E-state index in [1.807, 2.05) is 42.6 Å². The molecule has 6 nitrogen and oxygen atoms in total. The number of nitrogens with one attached hydrogen (secondary N) is 1. The minimum atomic E-state index is -0.911. The van der Waals surface area contributed by atoms with Crippen molar-refractivity contribution in [3.8, 4) is 0 Å². The van der Waals surface area contributed by atoms with Gasteiger partial charge in [0.2, 0.25) is 0 Å². The van der Waals surface area contributed by atoms with E-state index in [0.29, 0.717) is 12.8 Å². The van der Waals surface area contributed by atoms with E-state index < -0.39 is 5.97 Å². The molecule has 1 unspecified atom stereocenters. The zero-order valence-corrected chi connectivity index (χ0v) is 17.7. The number of hydrogen-bond donors (Lipinski definition) is 2. The van der Waals surface area contributed by atoms with Gasteiger partial charge in [0.05, 0.1) is 6.54 Å². The molecule has 1 aromatic carbocycles. The van der Waals surface area contributed by atoms with Crippen LogP contribution in [0.5, 0.6) is 0 Å². The molecule has 0 amide bonds. The summed E-state index contributed by atoms with van der Waals surface area (Å²) < 4.78 is 5.32. The SMILES string of the molecule is CCCCc1ccnc(CCC(CCC(=O)OCc2ccccc2)NCC(=O)O)c1. The van der Waals surface area contributed by atoms with E-state index in [1.165, 1.54) is 5.56 Å². The first-order chi connectivity index (χ1) is 14.6. The molecule has 0 aliphatic carbocycles. The summed E-state index contributed by atoms with van der Waals surface area (Å²) in [6.45, 7) is 2.29. The normalized spacial score (nSPS) is 11.8. The second-order valence-electron chi connectivity index (χ2n) is 7.45.